The Balaban J connectivity index is 3.00. The maximum Gasteiger partial charge on any atom is 0.226 e. The van der Waals surface area contributed by atoms with Gasteiger partial charge in [-0.15, -0.1) is 0 Å². The second-order valence-electron chi connectivity index (χ2n) is 3.79. The first-order valence-electron chi connectivity index (χ1n) is 4.95. The molecule has 0 amide bonds. The largest absolute Gasteiger partial charge is 0.392 e. The van der Waals surface area contributed by atoms with Gasteiger partial charge < -0.3 is 15.7 Å². The maximum atomic E-state index is 9.28. The van der Waals surface area contributed by atoms with Gasteiger partial charge in [-0.1, -0.05) is 12.2 Å². The molecule has 0 saturated heterocycles. The van der Waals surface area contributed by atoms with Gasteiger partial charge in [0.15, 0.2) is 0 Å². The second kappa shape index (κ2) is 5.18. The first-order valence-corrected chi connectivity index (χ1v) is 5.35. The minimum absolute atomic E-state index is 0.247. The Labute approximate surface area is 100 Å². The number of aliphatic hydroxyl groups is 1. The predicted molar refractivity (Wildman–Crippen MR) is 67.6 cm³/mol. The summed E-state index contributed by atoms with van der Waals surface area (Å²) in [7, 11) is 1.81. The van der Waals surface area contributed by atoms with E-state index in [0.29, 0.717) is 18.2 Å². The Morgan fingerprint density at radius 2 is 2.25 bits per heavy atom. The molecule has 1 aromatic rings. The highest BCUT2D eigenvalue weighted by molar-refractivity contribution is 7.80. The number of hydrogen-bond donors (Lipinski definition) is 2. The van der Waals surface area contributed by atoms with Crippen molar-refractivity contribution in [3.05, 3.63) is 17.5 Å². The fraction of sp³-hybridized carbons (Fsp3) is 0.500. The monoisotopic (exact) mass is 240 g/mol. The zero-order valence-electron chi connectivity index (χ0n) is 9.64. The van der Waals surface area contributed by atoms with Crippen LogP contribution in [0.4, 0.5) is 5.95 Å². The third-order valence-electron chi connectivity index (χ3n) is 1.97. The summed E-state index contributed by atoms with van der Waals surface area (Å²) in [5, 5.41) is 9.28. The van der Waals surface area contributed by atoms with Crippen LogP contribution in [0.25, 0.3) is 0 Å². The molecule has 1 atom stereocenters. The van der Waals surface area contributed by atoms with Crippen LogP contribution in [0.2, 0.25) is 0 Å². The van der Waals surface area contributed by atoms with E-state index in [1.807, 2.05) is 14.0 Å². The minimum Gasteiger partial charge on any atom is -0.392 e. The van der Waals surface area contributed by atoms with Crippen molar-refractivity contribution in [3.8, 4) is 0 Å². The van der Waals surface area contributed by atoms with Crippen molar-refractivity contribution in [2.45, 2.75) is 20.0 Å². The van der Waals surface area contributed by atoms with Crippen LogP contribution in [-0.4, -0.2) is 39.8 Å². The van der Waals surface area contributed by atoms with Crippen molar-refractivity contribution in [1.82, 2.24) is 9.97 Å². The molecular formula is C10H16N4OS. The van der Waals surface area contributed by atoms with Crippen LogP contribution in [0.1, 0.15) is 18.3 Å². The lowest BCUT2D eigenvalue weighted by atomic mass is 10.3. The molecule has 0 aliphatic rings. The molecule has 16 heavy (non-hydrogen) atoms. The average molecular weight is 240 g/mol. The SMILES string of the molecule is Cc1cc(C(N)=S)nc(N(C)CC(C)O)n1. The molecule has 3 N–H and O–H groups in total. The van der Waals surface area contributed by atoms with E-state index in [1.54, 1.807) is 17.9 Å². The third kappa shape index (κ3) is 3.39. The van der Waals surface area contributed by atoms with Crippen molar-refractivity contribution >= 4 is 23.2 Å². The lowest BCUT2D eigenvalue weighted by Gasteiger charge is -2.19. The van der Waals surface area contributed by atoms with Crippen molar-refractivity contribution in [1.29, 1.82) is 0 Å². The zero-order valence-corrected chi connectivity index (χ0v) is 10.5. The molecule has 0 aliphatic heterocycles. The van der Waals surface area contributed by atoms with Gasteiger partial charge in [0.1, 0.15) is 10.7 Å². The van der Waals surface area contributed by atoms with Crippen LogP contribution >= 0.6 is 12.2 Å². The number of anilines is 1. The van der Waals surface area contributed by atoms with Gasteiger partial charge in [0.2, 0.25) is 5.95 Å². The number of thiocarbonyl (C=S) groups is 1. The second-order valence-corrected chi connectivity index (χ2v) is 4.23. The molecule has 0 saturated carbocycles. The number of nitrogens with zero attached hydrogens (tertiary/aromatic N) is 3. The molecule has 5 nitrogen and oxygen atoms in total. The molecular weight excluding hydrogens is 224 g/mol. The standard InChI is InChI=1S/C10H16N4OS/c1-6-4-8(9(11)16)13-10(12-6)14(3)5-7(2)15/h4,7,15H,5H2,1-3H3,(H2,11,16). The number of rotatable bonds is 4. The van der Waals surface area contributed by atoms with Crippen molar-refractivity contribution in [2.24, 2.45) is 5.73 Å². The van der Waals surface area contributed by atoms with Crippen LogP contribution in [-0.2, 0) is 0 Å². The van der Waals surface area contributed by atoms with Crippen LogP contribution in [0.5, 0.6) is 0 Å². The van der Waals surface area contributed by atoms with Crippen molar-refractivity contribution < 1.29 is 5.11 Å². The first kappa shape index (κ1) is 12.8. The van der Waals surface area contributed by atoms with Crippen LogP contribution < -0.4 is 10.6 Å². The van der Waals surface area contributed by atoms with E-state index in [9.17, 15) is 5.11 Å². The number of aryl methyl sites for hydroxylation is 1. The summed E-state index contributed by atoms with van der Waals surface area (Å²) in [6.07, 6.45) is -0.442. The molecule has 1 unspecified atom stereocenters. The maximum absolute atomic E-state index is 9.28. The van der Waals surface area contributed by atoms with Gasteiger partial charge >= 0.3 is 0 Å². The van der Waals surface area contributed by atoms with Crippen molar-refractivity contribution in [3.63, 3.8) is 0 Å². The highest BCUT2D eigenvalue weighted by Crippen LogP contribution is 2.09. The van der Waals surface area contributed by atoms with Gasteiger partial charge in [0, 0.05) is 19.3 Å². The van der Waals surface area contributed by atoms with Crippen LogP contribution in [0, 0.1) is 6.92 Å². The first-order chi connectivity index (χ1) is 7.40. The summed E-state index contributed by atoms with van der Waals surface area (Å²) in [4.78, 5) is 10.5. The minimum atomic E-state index is -0.442. The molecule has 0 spiro atoms. The number of hydrogen-bond acceptors (Lipinski definition) is 5. The molecule has 0 bridgehead atoms. The highest BCUT2D eigenvalue weighted by atomic mass is 32.1. The Morgan fingerprint density at radius 3 is 2.75 bits per heavy atom. The Kier molecular flexibility index (Phi) is 4.14. The summed E-state index contributed by atoms with van der Waals surface area (Å²) in [6, 6.07) is 1.74. The molecule has 6 heteroatoms. The molecule has 0 fully saturated rings. The summed E-state index contributed by atoms with van der Waals surface area (Å²) in [5.74, 6) is 0.517. The van der Waals surface area contributed by atoms with Crippen LogP contribution in [0.3, 0.4) is 0 Å². The van der Waals surface area contributed by atoms with E-state index in [1.165, 1.54) is 0 Å². The molecule has 1 rings (SSSR count). The van der Waals surface area contributed by atoms with Gasteiger partial charge in [0.25, 0.3) is 0 Å². The van der Waals surface area contributed by atoms with Gasteiger partial charge in [-0.25, -0.2) is 9.97 Å². The fourth-order valence-corrected chi connectivity index (χ4v) is 1.43. The Morgan fingerprint density at radius 1 is 1.62 bits per heavy atom. The fourth-order valence-electron chi connectivity index (χ4n) is 1.33. The number of likely N-dealkylation sites (N-methyl/N-ethyl adjacent to an activating group) is 1. The zero-order chi connectivity index (χ0) is 12.3. The molecule has 0 radical (unpaired) electrons. The van der Waals surface area contributed by atoms with E-state index >= 15 is 0 Å². The number of nitrogens with two attached hydrogens (primary N) is 1. The molecule has 1 aromatic heterocycles. The molecule has 0 aliphatic carbocycles. The van der Waals surface area contributed by atoms with Crippen molar-refractivity contribution in [2.75, 3.05) is 18.5 Å². The van der Waals surface area contributed by atoms with Gasteiger partial charge in [0.05, 0.1) is 6.10 Å². The smallest absolute Gasteiger partial charge is 0.226 e. The Bertz CT molecular complexity index is 394. The average Bonchev–Trinajstić information content (AvgIpc) is 2.15. The van der Waals surface area contributed by atoms with Gasteiger partial charge in [-0.3, -0.25) is 0 Å². The van der Waals surface area contributed by atoms with E-state index in [4.69, 9.17) is 18.0 Å². The van der Waals surface area contributed by atoms with Crippen LogP contribution in [0.15, 0.2) is 6.07 Å². The number of aliphatic hydroxyl groups excluding tert-OH is 1. The van der Waals surface area contributed by atoms with Gasteiger partial charge in [-0.05, 0) is 19.9 Å². The Hall–Kier alpha value is -1.27. The predicted octanol–water partition coefficient (Wildman–Crippen LogP) is 0.236. The van der Waals surface area contributed by atoms with E-state index < -0.39 is 6.10 Å². The third-order valence-corrected chi connectivity index (χ3v) is 2.18. The summed E-state index contributed by atoms with van der Waals surface area (Å²) < 4.78 is 0. The lowest BCUT2D eigenvalue weighted by molar-refractivity contribution is 0.201. The summed E-state index contributed by atoms with van der Waals surface area (Å²) >= 11 is 4.88. The quantitative estimate of drug-likeness (QED) is 0.734. The molecule has 88 valence electrons. The normalized spacial score (nSPS) is 12.2. The summed E-state index contributed by atoms with van der Waals surface area (Å²) in [6.45, 7) is 4.02. The highest BCUT2D eigenvalue weighted by Gasteiger charge is 2.10. The van der Waals surface area contributed by atoms with E-state index in [0.717, 1.165) is 5.69 Å². The molecule has 1 heterocycles. The topological polar surface area (TPSA) is 75.3 Å². The van der Waals surface area contributed by atoms with Gasteiger partial charge in [-0.2, -0.15) is 0 Å². The lowest BCUT2D eigenvalue weighted by Crippen LogP contribution is -2.29. The number of aromatic nitrogens is 2. The van der Waals surface area contributed by atoms with E-state index in [-0.39, 0.29) is 4.99 Å². The molecule has 0 aromatic carbocycles. The van der Waals surface area contributed by atoms with E-state index in [2.05, 4.69) is 9.97 Å². The summed E-state index contributed by atoms with van der Waals surface area (Å²) in [5.41, 5.74) is 6.87.